The first-order chi connectivity index (χ1) is 11.0. The van der Waals surface area contributed by atoms with Gasteiger partial charge in [0.25, 0.3) is 11.2 Å². The quantitative estimate of drug-likeness (QED) is 0.615. The Morgan fingerprint density at radius 2 is 2.13 bits per heavy atom. The minimum atomic E-state index is -0.572. The van der Waals surface area contributed by atoms with Crippen LogP contribution in [0, 0.1) is 10.1 Å². The first kappa shape index (κ1) is 17.1. The molecule has 1 aliphatic heterocycles. The number of rotatable bonds is 6. The Labute approximate surface area is 134 Å². The summed E-state index contributed by atoms with van der Waals surface area (Å²) in [6.45, 7) is 4.21. The highest BCUT2D eigenvalue weighted by Gasteiger charge is 2.25. The van der Waals surface area contributed by atoms with Crippen molar-refractivity contribution < 1.29 is 9.72 Å². The van der Waals surface area contributed by atoms with Gasteiger partial charge >= 0.3 is 0 Å². The van der Waals surface area contributed by atoms with Crippen molar-refractivity contribution in [3.05, 3.63) is 38.8 Å². The van der Waals surface area contributed by atoms with E-state index in [2.05, 4.69) is 5.32 Å². The minimum Gasteiger partial charge on any atom is -0.338 e. The Hall–Kier alpha value is -2.22. The lowest BCUT2D eigenvalue weighted by atomic mass is 10.0. The number of hydrogen-bond acceptors (Lipinski definition) is 5. The van der Waals surface area contributed by atoms with Gasteiger partial charge in [-0.1, -0.05) is 6.92 Å². The zero-order valence-corrected chi connectivity index (χ0v) is 13.2. The van der Waals surface area contributed by atoms with Crippen LogP contribution in [0.5, 0.6) is 0 Å². The molecule has 0 atom stereocenters. The summed E-state index contributed by atoms with van der Waals surface area (Å²) in [5.74, 6) is -0.165. The summed E-state index contributed by atoms with van der Waals surface area (Å²) in [5.41, 5.74) is -0.605. The highest BCUT2D eigenvalue weighted by atomic mass is 16.6. The van der Waals surface area contributed by atoms with E-state index < -0.39 is 10.5 Å². The average Bonchev–Trinajstić information content (AvgIpc) is 2.55. The van der Waals surface area contributed by atoms with E-state index in [9.17, 15) is 19.7 Å². The third kappa shape index (κ3) is 4.38. The van der Waals surface area contributed by atoms with Gasteiger partial charge in [-0.05, 0) is 32.4 Å². The Morgan fingerprint density at radius 1 is 1.43 bits per heavy atom. The molecule has 1 saturated heterocycles. The zero-order valence-electron chi connectivity index (χ0n) is 13.2. The highest BCUT2D eigenvalue weighted by molar-refractivity contribution is 5.76. The fourth-order valence-electron chi connectivity index (χ4n) is 2.86. The molecular weight excluding hydrogens is 300 g/mol. The minimum absolute atomic E-state index is 0.162. The fourth-order valence-corrected chi connectivity index (χ4v) is 2.86. The van der Waals surface area contributed by atoms with Crippen LogP contribution < -0.4 is 10.9 Å². The third-order valence-electron chi connectivity index (χ3n) is 4.02. The maximum absolute atomic E-state index is 12.6. The van der Waals surface area contributed by atoms with Crippen molar-refractivity contribution in [2.75, 3.05) is 19.6 Å². The van der Waals surface area contributed by atoms with Crippen LogP contribution in [-0.2, 0) is 11.3 Å². The van der Waals surface area contributed by atoms with Crippen LogP contribution in [0.2, 0.25) is 0 Å². The van der Waals surface area contributed by atoms with Crippen molar-refractivity contribution in [2.45, 2.75) is 38.8 Å². The van der Waals surface area contributed by atoms with Crippen LogP contribution in [0.25, 0.3) is 0 Å². The number of amides is 1. The number of piperidine rings is 1. The van der Waals surface area contributed by atoms with E-state index in [0.717, 1.165) is 55.2 Å². The number of aromatic nitrogens is 1. The molecule has 1 aromatic heterocycles. The van der Waals surface area contributed by atoms with E-state index in [1.54, 1.807) is 0 Å². The molecule has 0 radical (unpaired) electrons. The molecular formula is C15H22N4O4. The van der Waals surface area contributed by atoms with Gasteiger partial charge in [-0.3, -0.25) is 24.3 Å². The summed E-state index contributed by atoms with van der Waals surface area (Å²) in [6.07, 6.45) is 3.73. The number of carbonyl (C=O) groups is 1. The molecule has 1 fully saturated rings. The summed E-state index contributed by atoms with van der Waals surface area (Å²) >= 11 is 0. The summed E-state index contributed by atoms with van der Waals surface area (Å²) < 4.78 is 1.12. The average molecular weight is 322 g/mol. The number of nitrogens with zero attached hydrogens (tertiary/aromatic N) is 3. The van der Waals surface area contributed by atoms with E-state index in [1.807, 2.05) is 11.8 Å². The van der Waals surface area contributed by atoms with Gasteiger partial charge in [-0.25, -0.2) is 0 Å². The molecule has 1 aliphatic rings. The second kappa shape index (κ2) is 7.87. The van der Waals surface area contributed by atoms with Gasteiger partial charge < -0.3 is 10.2 Å². The Morgan fingerprint density at radius 3 is 2.74 bits per heavy atom. The second-order valence-electron chi connectivity index (χ2n) is 5.68. The smallest absolute Gasteiger partial charge is 0.285 e. The highest BCUT2D eigenvalue weighted by Crippen LogP contribution is 2.14. The molecule has 0 spiro atoms. The van der Waals surface area contributed by atoms with E-state index in [-0.39, 0.29) is 24.2 Å². The molecule has 2 heterocycles. The number of pyridine rings is 1. The van der Waals surface area contributed by atoms with Crippen LogP contribution >= 0.6 is 0 Å². The molecule has 0 unspecified atom stereocenters. The van der Waals surface area contributed by atoms with Gasteiger partial charge in [0.2, 0.25) is 5.91 Å². The monoisotopic (exact) mass is 322 g/mol. The number of nitro groups is 1. The maximum Gasteiger partial charge on any atom is 0.285 e. The summed E-state index contributed by atoms with van der Waals surface area (Å²) in [4.78, 5) is 36.5. The van der Waals surface area contributed by atoms with Crippen LogP contribution in [0.3, 0.4) is 0 Å². The third-order valence-corrected chi connectivity index (χ3v) is 4.02. The van der Waals surface area contributed by atoms with E-state index >= 15 is 0 Å². The second-order valence-corrected chi connectivity index (χ2v) is 5.68. The van der Waals surface area contributed by atoms with E-state index in [4.69, 9.17) is 0 Å². The van der Waals surface area contributed by atoms with Gasteiger partial charge in [-0.15, -0.1) is 0 Å². The summed E-state index contributed by atoms with van der Waals surface area (Å²) in [5, 5.41) is 14.1. The Bertz CT molecular complexity index is 622. The van der Waals surface area contributed by atoms with Crippen LogP contribution in [-0.4, -0.2) is 46.0 Å². The number of nitrogens with one attached hydrogen (secondary N) is 1. The largest absolute Gasteiger partial charge is 0.338 e. The molecule has 0 saturated carbocycles. The van der Waals surface area contributed by atoms with Crippen molar-refractivity contribution in [1.82, 2.24) is 14.8 Å². The predicted octanol–water partition coefficient (Wildman–Crippen LogP) is 0.747. The van der Waals surface area contributed by atoms with Crippen LogP contribution in [0.4, 0.5) is 5.69 Å². The SMILES string of the molecule is CCCN(C(=O)Cn1cc([N+](=O)[O-])ccc1=O)C1CCNCC1. The van der Waals surface area contributed by atoms with Gasteiger partial charge in [0.1, 0.15) is 6.54 Å². The standard InChI is InChI=1S/C15H22N4O4/c1-2-9-18(12-5-7-16-8-6-12)15(21)11-17-10-13(19(22)23)3-4-14(17)20/h3-4,10,12,16H,2,5-9,11H2,1H3. The van der Waals surface area contributed by atoms with Crippen molar-refractivity contribution >= 4 is 11.6 Å². The summed E-state index contributed by atoms with van der Waals surface area (Å²) in [6, 6.07) is 2.44. The van der Waals surface area contributed by atoms with Gasteiger partial charge in [0, 0.05) is 24.7 Å². The van der Waals surface area contributed by atoms with Crippen molar-refractivity contribution in [1.29, 1.82) is 0 Å². The van der Waals surface area contributed by atoms with E-state index in [1.165, 1.54) is 0 Å². The van der Waals surface area contributed by atoms with Crippen LogP contribution in [0.15, 0.2) is 23.1 Å². The summed E-state index contributed by atoms with van der Waals surface area (Å²) in [7, 11) is 0. The van der Waals surface area contributed by atoms with Crippen molar-refractivity contribution in [2.24, 2.45) is 0 Å². The maximum atomic E-state index is 12.6. The topological polar surface area (TPSA) is 97.5 Å². The molecule has 2 rings (SSSR count). The van der Waals surface area contributed by atoms with Crippen LogP contribution in [0.1, 0.15) is 26.2 Å². The number of hydrogen-bond donors (Lipinski definition) is 1. The molecule has 8 nitrogen and oxygen atoms in total. The molecule has 0 bridgehead atoms. The molecule has 0 aromatic carbocycles. The molecule has 23 heavy (non-hydrogen) atoms. The Kier molecular flexibility index (Phi) is 5.86. The van der Waals surface area contributed by atoms with Gasteiger partial charge in [-0.2, -0.15) is 0 Å². The lowest BCUT2D eigenvalue weighted by Crippen LogP contribution is -2.48. The lowest BCUT2D eigenvalue weighted by Gasteiger charge is -2.34. The molecule has 1 amide bonds. The number of carbonyl (C=O) groups excluding carboxylic acids is 1. The zero-order chi connectivity index (χ0) is 16.8. The van der Waals surface area contributed by atoms with Gasteiger partial charge in [0.15, 0.2) is 0 Å². The predicted molar refractivity (Wildman–Crippen MR) is 85.3 cm³/mol. The van der Waals surface area contributed by atoms with E-state index in [0.29, 0.717) is 6.54 Å². The lowest BCUT2D eigenvalue weighted by molar-refractivity contribution is -0.385. The first-order valence-corrected chi connectivity index (χ1v) is 7.88. The van der Waals surface area contributed by atoms with Gasteiger partial charge in [0.05, 0.1) is 11.1 Å². The fraction of sp³-hybridized carbons (Fsp3) is 0.600. The Balaban J connectivity index is 2.16. The molecule has 1 N–H and O–H groups in total. The normalized spacial score (nSPS) is 15.3. The molecule has 8 heteroatoms. The molecule has 1 aromatic rings. The van der Waals surface area contributed by atoms with Crippen molar-refractivity contribution in [3.8, 4) is 0 Å². The molecule has 0 aliphatic carbocycles. The first-order valence-electron chi connectivity index (χ1n) is 7.88. The van der Waals surface area contributed by atoms with Crippen molar-refractivity contribution in [3.63, 3.8) is 0 Å². The molecule has 126 valence electrons.